The molecule has 5 rings (SSSR count). The highest BCUT2D eigenvalue weighted by molar-refractivity contribution is 6.13. The fraction of sp³-hybridized carbons (Fsp3) is 0.344. The number of fused-ring (bicyclic) bond motifs is 1. The van der Waals surface area contributed by atoms with E-state index in [0.717, 1.165) is 29.7 Å². The summed E-state index contributed by atoms with van der Waals surface area (Å²) in [5.41, 5.74) is 6.74. The number of allylic oxidation sites excluding steroid dienone is 3. The van der Waals surface area contributed by atoms with Crippen LogP contribution in [0.25, 0.3) is 11.0 Å². The van der Waals surface area contributed by atoms with Gasteiger partial charge in [0.1, 0.15) is 17.3 Å². The molecule has 10 heteroatoms. The Kier molecular flexibility index (Phi) is 8.08. The molecule has 10 nitrogen and oxygen atoms in total. The number of benzene rings is 2. The van der Waals surface area contributed by atoms with Gasteiger partial charge in [0.15, 0.2) is 5.84 Å². The maximum atomic E-state index is 13.0. The second-order valence-corrected chi connectivity index (χ2v) is 11.0. The number of carbonyl (C=O) groups excluding carboxylic acids is 1. The molecule has 2 aliphatic heterocycles. The summed E-state index contributed by atoms with van der Waals surface area (Å²) in [7, 11) is 2.00. The summed E-state index contributed by atoms with van der Waals surface area (Å²) < 4.78 is 2.10. The van der Waals surface area contributed by atoms with E-state index in [-0.39, 0.29) is 29.2 Å². The molecule has 1 atom stereocenters. The van der Waals surface area contributed by atoms with E-state index in [0.29, 0.717) is 41.3 Å². The van der Waals surface area contributed by atoms with Crippen molar-refractivity contribution in [2.24, 2.45) is 12.1 Å². The van der Waals surface area contributed by atoms with Crippen molar-refractivity contribution in [3.63, 3.8) is 0 Å². The van der Waals surface area contributed by atoms with Gasteiger partial charge < -0.3 is 24.8 Å². The third-order valence-electron chi connectivity index (χ3n) is 7.98. The number of hydrazone groups is 1. The SMILES string of the molecule is C=C/C=C(\C=C/C)C(=O)N1CCC(c2nc3cc(N4C(c5cc(C(C)C)c(O)cc5O)=NNC4O)ccc3n2C)CC1. The van der Waals surface area contributed by atoms with Gasteiger partial charge in [-0.15, -0.1) is 0 Å². The van der Waals surface area contributed by atoms with Crippen LogP contribution < -0.4 is 10.3 Å². The van der Waals surface area contributed by atoms with Crippen LogP contribution in [-0.4, -0.2) is 61.0 Å². The average molecular weight is 571 g/mol. The lowest BCUT2D eigenvalue weighted by Crippen LogP contribution is -2.40. The van der Waals surface area contributed by atoms with Gasteiger partial charge in [-0.1, -0.05) is 44.7 Å². The minimum atomic E-state index is -1.15. The number of hydrogen-bond donors (Lipinski definition) is 4. The van der Waals surface area contributed by atoms with Crippen LogP contribution in [-0.2, 0) is 11.8 Å². The van der Waals surface area contributed by atoms with E-state index in [1.807, 2.05) is 63.1 Å². The molecule has 1 fully saturated rings. The summed E-state index contributed by atoms with van der Waals surface area (Å²) >= 11 is 0. The van der Waals surface area contributed by atoms with Crippen LogP contribution in [0, 0.1) is 0 Å². The van der Waals surface area contributed by atoms with E-state index in [4.69, 9.17) is 4.98 Å². The second kappa shape index (κ2) is 11.7. The Balaban J connectivity index is 1.40. The first-order valence-electron chi connectivity index (χ1n) is 14.2. The van der Waals surface area contributed by atoms with Gasteiger partial charge in [-0.3, -0.25) is 15.1 Å². The van der Waals surface area contributed by atoms with Crippen molar-refractivity contribution in [1.29, 1.82) is 0 Å². The maximum absolute atomic E-state index is 13.0. The molecular weight excluding hydrogens is 532 g/mol. The quantitative estimate of drug-likeness (QED) is 0.243. The first kappa shape index (κ1) is 28.9. The lowest BCUT2D eigenvalue weighted by Gasteiger charge is -2.32. The van der Waals surface area contributed by atoms with Crippen LogP contribution in [0.2, 0.25) is 0 Å². The summed E-state index contributed by atoms with van der Waals surface area (Å²) in [4.78, 5) is 21.5. The summed E-state index contributed by atoms with van der Waals surface area (Å²) in [5.74, 6) is 1.38. The molecule has 0 saturated carbocycles. The summed E-state index contributed by atoms with van der Waals surface area (Å²) in [6.45, 7) is 10.8. The van der Waals surface area contributed by atoms with Gasteiger partial charge in [0, 0.05) is 43.4 Å². The van der Waals surface area contributed by atoms with Gasteiger partial charge in [-0.25, -0.2) is 4.98 Å². The zero-order valence-corrected chi connectivity index (χ0v) is 24.4. The number of aliphatic hydroxyl groups excluding tert-OH is 1. The van der Waals surface area contributed by atoms with E-state index in [1.165, 1.54) is 6.07 Å². The molecule has 0 radical (unpaired) electrons. The molecule has 0 spiro atoms. The average Bonchev–Trinajstić information content (AvgIpc) is 3.51. The van der Waals surface area contributed by atoms with Gasteiger partial charge in [-0.2, -0.15) is 5.10 Å². The lowest BCUT2D eigenvalue weighted by molar-refractivity contribution is -0.127. The summed E-state index contributed by atoms with van der Waals surface area (Å²) in [6, 6.07) is 8.75. The van der Waals surface area contributed by atoms with Crippen molar-refractivity contribution in [2.45, 2.75) is 51.8 Å². The molecule has 220 valence electrons. The van der Waals surface area contributed by atoms with Gasteiger partial charge in [0.05, 0.1) is 16.6 Å². The van der Waals surface area contributed by atoms with E-state index in [2.05, 4.69) is 21.7 Å². The van der Waals surface area contributed by atoms with Gasteiger partial charge in [0.2, 0.25) is 6.35 Å². The molecule has 0 aliphatic carbocycles. The van der Waals surface area contributed by atoms with Crippen LogP contribution in [0.1, 0.15) is 62.4 Å². The van der Waals surface area contributed by atoms with Crippen LogP contribution in [0.4, 0.5) is 5.69 Å². The highest BCUT2D eigenvalue weighted by atomic mass is 16.3. The van der Waals surface area contributed by atoms with E-state index < -0.39 is 6.35 Å². The molecule has 3 heterocycles. The third-order valence-corrected chi connectivity index (χ3v) is 7.98. The molecule has 1 saturated heterocycles. The first-order chi connectivity index (χ1) is 20.1. The Morgan fingerprint density at radius 1 is 1.14 bits per heavy atom. The fourth-order valence-electron chi connectivity index (χ4n) is 5.79. The Labute approximate surface area is 245 Å². The molecule has 4 N–H and O–H groups in total. The molecule has 3 aromatic rings. The number of anilines is 1. The number of nitrogens with zero attached hydrogens (tertiary/aromatic N) is 5. The molecule has 2 aromatic carbocycles. The molecule has 42 heavy (non-hydrogen) atoms. The molecule has 1 unspecified atom stereocenters. The fourth-order valence-corrected chi connectivity index (χ4v) is 5.79. The second-order valence-electron chi connectivity index (χ2n) is 11.0. The number of piperidine rings is 1. The number of aromatic nitrogens is 2. The van der Waals surface area contributed by atoms with Gasteiger partial charge >= 0.3 is 0 Å². The van der Waals surface area contributed by atoms with Crippen LogP contribution in [0.3, 0.4) is 0 Å². The molecule has 2 aliphatic rings. The summed E-state index contributed by atoms with van der Waals surface area (Å²) in [5, 5.41) is 36.1. The lowest BCUT2D eigenvalue weighted by atomic mass is 9.95. The third kappa shape index (κ3) is 5.25. The van der Waals surface area contributed by atoms with Crippen LogP contribution in [0.5, 0.6) is 11.5 Å². The predicted octanol–water partition coefficient (Wildman–Crippen LogP) is 4.55. The number of likely N-dealkylation sites (tertiary alicyclic amines) is 1. The van der Waals surface area contributed by atoms with Crippen molar-refractivity contribution in [3.8, 4) is 11.5 Å². The largest absolute Gasteiger partial charge is 0.508 e. The number of amides is 1. The standard InChI is InChI=1S/C32H38N6O4/c1-6-8-21(9-7-2)31(41)37-14-12-20(13-15-37)29-33-25-16-22(10-11-26(25)36(29)5)38-30(34-35-32(38)42)24-17-23(19(3)4)27(39)18-28(24)40/h6-11,16-20,32,35,39-40,42H,1,12-15H2,2-5H3/b9-7-,21-8+. The zero-order valence-electron chi connectivity index (χ0n) is 24.4. The first-order valence-corrected chi connectivity index (χ1v) is 14.2. The number of imidazole rings is 1. The number of aliphatic hydroxyl groups is 1. The summed E-state index contributed by atoms with van der Waals surface area (Å²) in [6.07, 6.45) is 7.50. The van der Waals surface area contributed by atoms with Crippen molar-refractivity contribution in [2.75, 3.05) is 18.0 Å². The number of aromatic hydroxyl groups is 2. The number of phenolic OH excluding ortho intramolecular Hbond substituents is 2. The number of aryl methyl sites for hydroxylation is 1. The molecular formula is C32H38N6O4. The number of hydrogen-bond acceptors (Lipinski definition) is 8. The Bertz CT molecular complexity index is 1610. The highest BCUT2D eigenvalue weighted by Crippen LogP contribution is 2.36. The minimum Gasteiger partial charge on any atom is -0.508 e. The van der Waals surface area contributed by atoms with Crippen molar-refractivity contribution in [1.82, 2.24) is 19.9 Å². The van der Waals surface area contributed by atoms with Crippen LogP contribution >= 0.6 is 0 Å². The molecule has 1 amide bonds. The van der Waals surface area contributed by atoms with E-state index >= 15 is 0 Å². The highest BCUT2D eigenvalue weighted by Gasteiger charge is 2.32. The van der Waals surface area contributed by atoms with Crippen molar-refractivity contribution in [3.05, 3.63) is 83.7 Å². The zero-order chi connectivity index (χ0) is 30.1. The Hall–Kier alpha value is -4.57. The Morgan fingerprint density at radius 3 is 2.55 bits per heavy atom. The van der Waals surface area contributed by atoms with Crippen molar-refractivity contribution < 1.29 is 20.1 Å². The smallest absolute Gasteiger partial charge is 0.253 e. The number of phenols is 2. The van der Waals surface area contributed by atoms with E-state index in [1.54, 1.807) is 23.1 Å². The predicted molar refractivity (Wildman–Crippen MR) is 164 cm³/mol. The Morgan fingerprint density at radius 2 is 1.88 bits per heavy atom. The maximum Gasteiger partial charge on any atom is 0.253 e. The number of amidine groups is 1. The van der Waals surface area contributed by atoms with Gasteiger partial charge in [0.25, 0.3) is 5.91 Å². The number of rotatable bonds is 7. The molecule has 1 aromatic heterocycles. The normalized spacial score (nSPS) is 18.3. The monoisotopic (exact) mass is 570 g/mol. The van der Waals surface area contributed by atoms with E-state index in [9.17, 15) is 20.1 Å². The minimum absolute atomic E-state index is 0.00834. The van der Waals surface area contributed by atoms with Gasteiger partial charge in [-0.05, 0) is 55.5 Å². The van der Waals surface area contributed by atoms with Crippen LogP contribution in [0.15, 0.2) is 71.9 Å². The topological polar surface area (TPSA) is 126 Å². The number of carbonyl (C=O) groups is 1. The number of nitrogens with one attached hydrogen (secondary N) is 1. The molecule has 0 bridgehead atoms. The van der Waals surface area contributed by atoms with Crippen molar-refractivity contribution >= 4 is 28.5 Å².